The molecule has 0 bridgehead atoms. The number of nitrogens with zero attached hydrogens (tertiary/aromatic N) is 13. The second-order valence-electron chi connectivity index (χ2n) is 42.1. The number of anilines is 4. The molecule has 0 radical (unpaired) electrons. The number of hydrogen-bond donors (Lipinski definition) is 6. The highest BCUT2D eigenvalue weighted by molar-refractivity contribution is 6.07. The molecule has 0 unspecified atom stereocenters. The van der Waals surface area contributed by atoms with Crippen LogP contribution in [0.5, 0.6) is 0 Å². The molecule has 8 aromatic rings. The van der Waals surface area contributed by atoms with Crippen LogP contribution in [0.3, 0.4) is 0 Å². The van der Waals surface area contributed by atoms with Crippen LogP contribution in [0, 0.1) is 27.1 Å². The first-order chi connectivity index (χ1) is 59.0. The highest BCUT2D eigenvalue weighted by Gasteiger charge is 2.29. The van der Waals surface area contributed by atoms with Crippen LogP contribution in [0.2, 0.25) is 0 Å². The van der Waals surface area contributed by atoms with Crippen molar-refractivity contribution >= 4 is 112 Å². The normalized spacial score (nSPS) is 12.5. The van der Waals surface area contributed by atoms with Crippen LogP contribution in [-0.4, -0.2) is 137 Å². The van der Waals surface area contributed by atoms with Crippen molar-refractivity contribution in [1.82, 2.24) is 67.9 Å². The van der Waals surface area contributed by atoms with E-state index in [9.17, 15) is 57.5 Å². The van der Waals surface area contributed by atoms with Gasteiger partial charge >= 0.3 is 22.8 Å². The van der Waals surface area contributed by atoms with Crippen molar-refractivity contribution in [3.63, 3.8) is 0 Å². The smallest absolute Gasteiger partial charge is 0.350 e. The molecule has 0 aliphatic heterocycles. The Labute approximate surface area is 759 Å². The Morgan fingerprint density at radius 1 is 0.434 bits per heavy atom. The molecule has 0 aliphatic carbocycles. The van der Waals surface area contributed by atoms with Crippen LogP contribution in [0.1, 0.15) is 283 Å². The highest BCUT2D eigenvalue weighted by Crippen LogP contribution is 2.32. The molecule has 0 saturated carbocycles. The zero-order chi connectivity index (χ0) is 98.3. The van der Waals surface area contributed by atoms with Gasteiger partial charge < -0.3 is 31.5 Å². The van der Waals surface area contributed by atoms with Gasteiger partial charge in [0.2, 0.25) is 17.8 Å². The molecule has 0 atom stereocenters. The third-order valence-electron chi connectivity index (χ3n) is 18.7. The zero-order valence-corrected chi connectivity index (χ0v) is 82.3. The van der Waals surface area contributed by atoms with Gasteiger partial charge in [0.1, 0.15) is 18.0 Å². The number of fused-ring (bicyclic) bond motifs is 1. The Bertz CT molecular complexity index is 5720. The summed E-state index contributed by atoms with van der Waals surface area (Å²) in [6.45, 7) is 61.4. The van der Waals surface area contributed by atoms with E-state index < -0.39 is 61.0 Å². The van der Waals surface area contributed by atoms with Gasteiger partial charge in [-0.05, 0) is 207 Å². The summed E-state index contributed by atoms with van der Waals surface area (Å²) >= 11 is 0. The van der Waals surface area contributed by atoms with Gasteiger partial charge in [-0.15, -0.1) is 0 Å². The Morgan fingerprint density at radius 3 is 1.22 bits per heavy atom. The van der Waals surface area contributed by atoms with E-state index in [0.29, 0.717) is 62.6 Å². The number of imidazole rings is 1. The molecule has 6 N–H and O–H groups in total. The standard InChI is InChI=1S/C23H32N6O.C22H27N3O3.C20H32N4O3.C18H28N4O2.C15H22N2O3/c1-22(2,3)13-10-14-24-21-27-17-18(28-20(30)16-11-8-7-9-12-16)25-15-26-19(17)29(21)23(4,5)6;1-21(2,3)17(26)13-12-16-14-25(22(4,5)6)20(28)24-18(16)23-19(27)15-10-8-7-9-11-15;1-14(25)22-17-15(13-24(18(27)23-17)20(5,6)7)9-10-16(26)21-12-8-11-19(2,3)4;1-17(2,3)14(23)10-9-13-11-22(18(4,5)6)16(24)20-15(13)19-12-21(7)8;1-14(2,3)11(18)8-7-10-9-17(15(4,5)6)13(20)16-12(10)19/h7-9,11-12,15H,10,13-14H2,1-6H3,(H,24,27)(H,25,26,28,30);7-14H,1-6H3,(H,23,24,27,28);9-10,13H,8,11-12H2,1-7H3,(H,21,26)(H,22,23,25,27);9-12H,1-8H3;7-9H,1-6H3,(H,16,19,20)/b;13-12+;10-9+;10-9+,19-12?;8-7+. The fourth-order valence-corrected chi connectivity index (χ4v) is 11.3. The van der Waals surface area contributed by atoms with Crippen molar-refractivity contribution in [1.29, 1.82) is 0 Å². The number of hydrogen-bond acceptors (Lipinski definition) is 20. The average Bonchev–Trinajstić information content (AvgIpc) is 1.61. The number of nitrogens with one attached hydrogen (secondary N) is 6. The van der Waals surface area contributed by atoms with Crippen molar-refractivity contribution in [3.8, 4) is 0 Å². The summed E-state index contributed by atoms with van der Waals surface area (Å²) in [5, 5.41) is 14.4. The predicted octanol–water partition coefficient (Wildman–Crippen LogP) is 16.6. The van der Waals surface area contributed by atoms with E-state index in [1.807, 2.05) is 163 Å². The summed E-state index contributed by atoms with van der Waals surface area (Å²) in [5.74, 6) is 0.401. The summed E-state index contributed by atoms with van der Waals surface area (Å²) in [6.07, 6.45) is 25.5. The van der Waals surface area contributed by atoms with Crippen molar-refractivity contribution in [2.75, 3.05) is 48.5 Å². The summed E-state index contributed by atoms with van der Waals surface area (Å²) in [6, 6.07) is 17.7. The van der Waals surface area contributed by atoms with Gasteiger partial charge in [0.05, 0.1) is 11.9 Å². The van der Waals surface area contributed by atoms with Gasteiger partial charge in [0.25, 0.3) is 17.4 Å². The fourth-order valence-electron chi connectivity index (χ4n) is 11.3. The van der Waals surface area contributed by atoms with Gasteiger partial charge in [0.15, 0.2) is 40.1 Å². The number of benzene rings is 2. The number of allylic oxidation sites excluding steroid dienone is 3. The molecule has 0 spiro atoms. The van der Waals surface area contributed by atoms with Crippen LogP contribution >= 0.6 is 0 Å². The molecular formula is C98H141N19O12. The minimum absolute atomic E-state index is 0.00134. The number of rotatable bonds is 22. The molecule has 31 heteroatoms. The lowest BCUT2D eigenvalue weighted by molar-refractivity contribution is -0.122. The van der Waals surface area contributed by atoms with E-state index in [-0.39, 0.29) is 74.8 Å². The topological polar surface area (TPSA) is 398 Å². The van der Waals surface area contributed by atoms with Gasteiger partial charge in [0, 0.05) is 137 Å². The summed E-state index contributed by atoms with van der Waals surface area (Å²) in [4.78, 5) is 179. The first-order valence-corrected chi connectivity index (χ1v) is 43.1. The van der Waals surface area contributed by atoms with E-state index in [2.05, 4.69) is 128 Å². The molecule has 0 aliphatic rings. The van der Waals surface area contributed by atoms with Gasteiger partial charge in [-0.2, -0.15) is 15.0 Å². The molecule has 4 amide bonds. The van der Waals surface area contributed by atoms with Crippen molar-refractivity contribution in [3.05, 3.63) is 202 Å². The number of carbonyl (C=O) groups is 7. The summed E-state index contributed by atoms with van der Waals surface area (Å²) in [5.41, 5.74) is -1.11. The SMILES string of the molecule is CC(=O)Nc1nc(=O)n(C(C)(C)C)cc1/C=C/C(=O)NCCCC(C)(C)C.CC(C)(C)C(=O)/C=C/c1cn(C(C)(C)C)c(=O)[nH]c1=O.CC(C)(C)C(=O)/C=C/c1cn(C(C)(C)C)c(=O)nc1NC(=O)c1ccccc1.CC(C)(C)CCCNc1nc2c(NC(=O)c3ccccc3)ncnc2n1C(C)(C)C.CN(C)C=Nc1nc(=O)n(C(C)(C)C)cc1/C=C/C(=O)C(C)(C)C. The third kappa shape index (κ3) is 36.2. The first kappa shape index (κ1) is 109. The molecule has 0 fully saturated rings. The van der Waals surface area contributed by atoms with E-state index in [0.717, 1.165) is 38.2 Å². The minimum atomic E-state index is -0.532. The fraction of sp³-hybridized carbons (Fsp3) is 0.500. The van der Waals surface area contributed by atoms with Crippen molar-refractivity contribution in [2.24, 2.45) is 32.1 Å². The number of carbonyl (C=O) groups excluding carboxylic acids is 7. The second-order valence-corrected chi connectivity index (χ2v) is 42.1. The molecule has 129 heavy (non-hydrogen) atoms. The first-order valence-electron chi connectivity index (χ1n) is 43.1. The lowest BCUT2D eigenvalue weighted by Crippen LogP contribution is -2.39. The Balaban J connectivity index is 0.000000340. The molecule has 31 nitrogen and oxygen atoms in total. The number of aromatic nitrogens is 12. The van der Waals surface area contributed by atoms with E-state index in [1.165, 1.54) is 63.5 Å². The van der Waals surface area contributed by atoms with E-state index in [4.69, 9.17) is 4.98 Å². The molecule has 700 valence electrons. The Morgan fingerprint density at radius 2 is 0.814 bits per heavy atom. The van der Waals surface area contributed by atoms with Crippen molar-refractivity contribution < 1.29 is 33.6 Å². The van der Waals surface area contributed by atoms with Crippen LogP contribution in [0.4, 0.5) is 29.2 Å². The molecule has 2 aromatic carbocycles. The van der Waals surface area contributed by atoms with E-state index in [1.54, 1.807) is 110 Å². The van der Waals surface area contributed by atoms with Gasteiger partial charge in [-0.3, -0.25) is 66.2 Å². The lowest BCUT2D eigenvalue weighted by atomic mass is 9.90. The number of aromatic amines is 1. The summed E-state index contributed by atoms with van der Waals surface area (Å²) in [7, 11) is 3.66. The average molecular weight is 1780 g/mol. The van der Waals surface area contributed by atoms with Crippen LogP contribution in [-0.2, 0) is 51.7 Å². The number of H-pyrrole nitrogens is 1. The van der Waals surface area contributed by atoms with Crippen LogP contribution in [0.15, 0.2) is 145 Å². The van der Waals surface area contributed by atoms with Crippen LogP contribution < -0.4 is 54.9 Å². The lowest BCUT2D eigenvalue weighted by Gasteiger charge is -2.24. The Kier molecular flexibility index (Phi) is 37.9. The molecular weight excluding hydrogens is 1640 g/mol. The second kappa shape index (κ2) is 44.9. The Hall–Kier alpha value is -12.6. The maximum Gasteiger partial charge on any atom is 0.350 e. The number of ketones is 3. The van der Waals surface area contributed by atoms with Gasteiger partial charge in [-0.25, -0.2) is 39.1 Å². The van der Waals surface area contributed by atoms with Crippen LogP contribution in [0.25, 0.3) is 35.5 Å². The number of amides is 4. The monoisotopic (exact) mass is 1780 g/mol. The third-order valence-corrected chi connectivity index (χ3v) is 18.7. The quantitative estimate of drug-likeness (QED) is 0.0159. The zero-order valence-electron chi connectivity index (χ0n) is 82.3. The molecule has 8 rings (SSSR count). The molecule has 0 saturated heterocycles. The maximum absolute atomic E-state index is 12.6. The van der Waals surface area contributed by atoms with E-state index >= 15 is 0 Å². The predicted molar refractivity (Wildman–Crippen MR) is 520 cm³/mol. The summed E-state index contributed by atoms with van der Waals surface area (Å²) < 4.78 is 8.00. The molecule has 6 heterocycles. The highest BCUT2D eigenvalue weighted by atomic mass is 16.2. The van der Waals surface area contributed by atoms with Gasteiger partial charge in [-0.1, -0.05) is 140 Å². The van der Waals surface area contributed by atoms with Crippen molar-refractivity contribution in [2.45, 2.75) is 268 Å². The number of aliphatic imine (C=N–C) groups is 1. The minimum Gasteiger partial charge on any atom is -0.369 e. The maximum atomic E-state index is 12.6. The molecule has 6 aromatic heterocycles. The largest absolute Gasteiger partial charge is 0.369 e.